The molecule has 0 aromatic heterocycles. The predicted octanol–water partition coefficient (Wildman–Crippen LogP) is -1.37. The summed E-state index contributed by atoms with van der Waals surface area (Å²) in [5.41, 5.74) is 0. The van der Waals surface area contributed by atoms with Gasteiger partial charge in [0.15, 0.2) is 0 Å². The Hall–Kier alpha value is -1.39. The summed E-state index contributed by atoms with van der Waals surface area (Å²) < 4.78 is 0. The zero-order chi connectivity index (χ0) is 8.72. The third-order valence-corrected chi connectivity index (χ3v) is 2.21. The molecule has 0 aliphatic carbocycles. The van der Waals surface area contributed by atoms with E-state index >= 15 is 0 Å². The number of amides is 3. The maximum absolute atomic E-state index is 11.1. The Kier molecular flexibility index (Phi) is 1.39. The summed E-state index contributed by atoms with van der Waals surface area (Å²) in [7, 11) is 0. The van der Waals surface area contributed by atoms with Crippen molar-refractivity contribution in [2.75, 3.05) is 6.54 Å². The molecule has 2 fully saturated rings. The van der Waals surface area contributed by atoms with E-state index in [1.54, 1.807) is 0 Å². The molecule has 2 rings (SSSR count). The molecular formula is C7H8N2O3. The molecule has 12 heavy (non-hydrogen) atoms. The molecule has 2 heterocycles. The van der Waals surface area contributed by atoms with E-state index in [-0.39, 0.29) is 24.3 Å². The fraction of sp³-hybridized carbons (Fsp3) is 0.571. The molecule has 2 aliphatic heterocycles. The minimum Gasteiger partial charge on any atom is -0.321 e. The Bertz CT molecular complexity index is 274. The molecule has 2 aliphatic rings. The number of rotatable bonds is 0. The van der Waals surface area contributed by atoms with Crippen LogP contribution in [0.2, 0.25) is 0 Å². The van der Waals surface area contributed by atoms with Gasteiger partial charge in [0.1, 0.15) is 12.6 Å². The van der Waals surface area contributed by atoms with Gasteiger partial charge in [0.05, 0.1) is 0 Å². The molecule has 2 saturated heterocycles. The minimum atomic E-state index is -0.393. The molecule has 5 nitrogen and oxygen atoms in total. The molecule has 1 atom stereocenters. The second-order valence-electron chi connectivity index (χ2n) is 2.99. The topological polar surface area (TPSA) is 66.5 Å². The molecule has 5 heteroatoms. The summed E-state index contributed by atoms with van der Waals surface area (Å²) in [6.45, 7) is 0.0369. The lowest BCUT2D eigenvalue weighted by Gasteiger charge is -2.27. The van der Waals surface area contributed by atoms with Crippen LogP contribution in [0.15, 0.2) is 0 Å². The predicted molar refractivity (Wildman–Crippen MR) is 37.9 cm³/mol. The SMILES string of the molecule is O=C1CN2C(=O)CCC2C(=O)N1. The number of piperazine rings is 1. The monoisotopic (exact) mass is 168 g/mol. The minimum absolute atomic E-state index is 0.0369. The first kappa shape index (κ1) is 7.27. The normalized spacial score (nSPS) is 28.8. The van der Waals surface area contributed by atoms with Gasteiger partial charge in [0.2, 0.25) is 17.7 Å². The number of carbonyl (C=O) groups excluding carboxylic acids is 3. The quantitative estimate of drug-likeness (QED) is 0.454. The summed E-state index contributed by atoms with van der Waals surface area (Å²) in [6.07, 6.45) is 0.920. The van der Waals surface area contributed by atoms with E-state index in [1.165, 1.54) is 4.90 Å². The van der Waals surface area contributed by atoms with E-state index in [2.05, 4.69) is 5.32 Å². The Morgan fingerprint density at radius 1 is 1.33 bits per heavy atom. The van der Waals surface area contributed by atoms with Crippen LogP contribution in [0.5, 0.6) is 0 Å². The van der Waals surface area contributed by atoms with E-state index < -0.39 is 6.04 Å². The lowest BCUT2D eigenvalue weighted by molar-refractivity contribution is -0.145. The second-order valence-corrected chi connectivity index (χ2v) is 2.99. The van der Waals surface area contributed by atoms with E-state index in [0.717, 1.165) is 0 Å². The van der Waals surface area contributed by atoms with Crippen LogP contribution in [-0.2, 0) is 14.4 Å². The highest BCUT2D eigenvalue weighted by atomic mass is 16.2. The van der Waals surface area contributed by atoms with Crippen LogP contribution in [0.1, 0.15) is 12.8 Å². The van der Waals surface area contributed by atoms with Crippen molar-refractivity contribution in [3.8, 4) is 0 Å². The number of nitrogens with zero attached hydrogens (tertiary/aromatic N) is 1. The van der Waals surface area contributed by atoms with E-state index in [4.69, 9.17) is 0 Å². The number of carbonyl (C=O) groups is 3. The number of nitrogens with one attached hydrogen (secondary N) is 1. The zero-order valence-corrected chi connectivity index (χ0v) is 6.37. The maximum Gasteiger partial charge on any atom is 0.249 e. The highest BCUT2D eigenvalue weighted by Crippen LogP contribution is 2.20. The van der Waals surface area contributed by atoms with E-state index in [9.17, 15) is 14.4 Å². The van der Waals surface area contributed by atoms with Gasteiger partial charge in [0, 0.05) is 6.42 Å². The number of hydrogen-bond donors (Lipinski definition) is 1. The molecule has 0 spiro atoms. The number of hydrogen-bond acceptors (Lipinski definition) is 3. The van der Waals surface area contributed by atoms with Crippen molar-refractivity contribution in [1.29, 1.82) is 0 Å². The standard InChI is InChI=1S/C7H8N2O3/c10-5-3-9-4(7(12)8-5)1-2-6(9)11/h4H,1-3H2,(H,8,10,12). The van der Waals surface area contributed by atoms with Crippen LogP contribution in [-0.4, -0.2) is 35.2 Å². The van der Waals surface area contributed by atoms with Crippen molar-refractivity contribution in [2.24, 2.45) is 0 Å². The van der Waals surface area contributed by atoms with Crippen LogP contribution in [0.25, 0.3) is 0 Å². The molecule has 64 valence electrons. The van der Waals surface area contributed by atoms with Gasteiger partial charge in [-0.3, -0.25) is 19.7 Å². The Balaban J connectivity index is 2.24. The summed E-state index contributed by atoms with van der Waals surface area (Å²) in [6, 6.07) is -0.393. The van der Waals surface area contributed by atoms with E-state index in [1.807, 2.05) is 0 Å². The zero-order valence-electron chi connectivity index (χ0n) is 6.37. The first-order valence-electron chi connectivity index (χ1n) is 3.81. The second kappa shape index (κ2) is 2.30. The Morgan fingerprint density at radius 3 is 2.83 bits per heavy atom. The van der Waals surface area contributed by atoms with Gasteiger partial charge in [-0.1, -0.05) is 0 Å². The first-order chi connectivity index (χ1) is 5.68. The van der Waals surface area contributed by atoms with Crippen LogP contribution >= 0.6 is 0 Å². The van der Waals surface area contributed by atoms with Crippen molar-refractivity contribution in [3.05, 3.63) is 0 Å². The molecule has 0 radical (unpaired) electrons. The highest BCUT2D eigenvalue weighted by molar-refractivity contribution is 6.05. The van der Waals surface area contributed by atoms with E-state index in [0.29, 0.717) is 12.8 Å². The Labute approximate surface area is 68.7 Å². The Morgan fingerprint density at radius 2 is 2.08 bits per heavy atom. The third kappa shape index (κ3) is 0.895. The summed E-state index contributed by atoms with van der Waals surface area (Å²) >= 11 is 0. The molecule has 3 amide bonds. The molecule has 0 aromatic rings. The van der Waals surface area contributed by atoms with Crippen LogP contribution in [0.4, 0.5) is 0 Å². The first-order valence-corrected chi connectivity index (χ1v) is 3.81. The van der Waals surface area contributed by atoms with Crippen molar-refractivity contribution in [3.63, 3.8) is 0 Å². The highest BCUT2D eigenvalue weighted by Gasteiger charge is 2.40. The van der Waals surface area contributed by atoms with Gasteiger partial charge < -0.3 is 4.90 Å². The van der Waals surface area contributed by atoms with Gasteiger partial charge in [-0.05, 0) is 6.42 Å². The lowest BCUT2D eigenvalue weighted by atomic mass is 10.2. The van der Waals surface area contributed by atoms with Gasteiger partial charge in [-0.25, -0.2) is 0 Å². The van der Waals surface area contributed by atoms with Crippen LogP contribution < -0.4 is 5.32 Å². The van der Waals surface area contributed by atoms with Crippen molar-refractivity contribution < 1.29 is 14.4 Å². The lowest BCUT2D eigenvalue weighted by Crippen LogP contribution is -2.56. The molecule has 1 unspecified atom stereocenters. The van der Waals surface area contributed by atoms with Gasteiger partial charge >= 0.3 is 0 Å². The smallest absolute Gasteiger partial charge is 0.249 e. The summed E-state index contributed by atoms with van der Waals surface area (Å²) in [4.78, 5) is 34.4. The number of fused-ring (bicyclic) bond motifs is 1. The average Bonchev–Trinajstić information content (AvgIpc) is 2.33. The largest absolute Gasteiger partial charge is 0.321 e. The average molecular weight is 168 g/mol. The van der Waals surface area contributed by atoms with Crippen molar-refractivity contribution in [2.45, 2.75) is 18.9 Å². The van der Waals surface area contributed by atoms with Crippen molar-refractivity contribution >= 4 is 17.7 Å². The van der Waals surface area contributed by atoms with Gasteiger partial charge in [-0.15, -0.1) is 0 Å². The molecule has 0 bridgehead atoms. The number of imide groups is 1. The molecule has 0 saturated carbocycles. The summed E-state index contributed by atoms with van der Waals surface area (Å²) in [5.74, 6) is -0.813. The third-order valence-electron chi connectivity index (χ3n) is 2.21. The molecular weight excluding hydrogens is 160 g/mol. The van der Waals surface area contributed by atoms with Gasteiger partial charge in [0.25, 0.3) is 0 Å². The summed E-state index contributed by atoms with van der Waals surface area (Å²) in [5, 5.41) is 2.20. The van der Waals surface area contributed by atoms with Crippen LogP contribution in [0, 0.1) is 0 Å². The fourth-order valence-electron chi connectivity index (χ4n) is 1.62. The maximum atomic E-state index is 11.1. The van der Waals surface area contributed by atoms with Gasteiger partial charge in [-0.2, -0.15) is 0 Å². The van der Waals surface area contributed by atoms with Crippen molar-refractivity contribution in [1.82, 2.24) is 10.2 Å². The molecule has 1 N–H and O–H groups in total. The molecule has 0 aromatic carbocycles. The van der Waals surface area contributed by atoms with Crippen LogP contribution in [0.3, 0.4) is 0 Å². The fourth-order valence-corrected chi connectivity index (χ4v) is 1.62.